The molecular weight excluding hydrogens is 241 g/mol. The van der Waals surface area contributed by atoms with Crippen LogP contribution in [-0.2, 0) is 17.4 Å². The lowest BCUT2D eigenvalue weighted by Gasteiger charge is -2.13. The molecule has 0 fully saturated rings. The third-order valence-electron chi connectivity index (χ3n) is 3.06. The highest BCUT2D eigenvalue weighted by Crippen LogP contribution is 2.29. The fourth-order valence-corrected chi connectivity index (χ4v) is 1.89. The molecule has 0 radical (unpaired) electrons. The zero-order valence-corrected chi connectivity index (χ0v) is 10.6. The molecule has 0 saturated carbocycles. The fraction of sp³-hybridized carbons (Fsp3) is 0.500. The minimum Gasteiger partial charge on any atom is -0.299 e. The van der Waals surface area contributed by atoms with E-state index in [1.165, 1.54) is 12.1 Å². The van der Waals surface area contributed by atoms with Crippen LogP contribution in [-0.4, -0.2) is 5.78 Å². The Bertz CT molecular complexity index is 392. The van der Waals surface area contributed by atoms with Gasteiger partial charge in [-0.3, -0.25) is 4.79 Å². The first-order chi connectivity index (χ1) is 8.38. The van der Waals surface area contributed by atoms with Gasteiger partial charge in [0.15, 0.2) is 0 Å². The van der Waals surface area contributed by atoms with Gasteiger partial charge in [-0.05, 0) is 30.5 Å². The second-order valence-corrected chi connectivity index (χ2v) is 4.32. The molecule has 1 unspecified atom stereocenters. The van der Waals surface area contributed by atoms with Gasteiger partial charge in [-0.2, -0.15) is 13.2 Å². The van der Waals surface area contributed by atoms with Crippen molar-refractivity contribution in [2.24, 2.45) is 5.92 Å². The van der Waals surface area contributed by atoms with Crippen LogP contribution in [0.25, 0.3) is 0 Å². The summed E-state index contributed by atoms with van der Waals surface area (Å²) in [6.07, 6.45) is -2.60. The van der Waals surface area contributed by atoms with Crippen molar-refractivity contribution in [2.45, 2.75) is 39.3 Å². The summed E-state index contributed by atoms with van der Waals surface area (Å²) in [4.78, 5) is 11.6. The molecule has 18 heavy (non-hydrogen) atoms. The number of carbonyl (C=O) groups excluding carboxylic acids is 1. The third-order valence-corrected chi connectivity index (χ3v) is 3.06. The normalized spacial score (nSPS) is 13.4. The largest absolute Gasteiger partial charge is 0.416 e. The van der Waals surface area contributed by atoms with E-state index in [0.29, 0.717) is 19.3 Å². The SMILES string of the molecule is CCC(=O)C(CC)Cc1ccc(C(F)(F)F)cc1. The molecule has 0 heterocycles. The zero-order chi connectivity index (χ0) is 13.8. The maximum absolute atomic E-state index is 12.4. The zero-order valence-electron chi connectivity index (χ0n) is 10.6. The van der Waals surface area contributed by atoms with E-state index in [1.807, 2.05) is 6.92 Å². The number of alkyl halides is 3. The lowest BCUT2D eigenvalue weighted by molar-refractivity contribution is -0.137. The van der Waals surface area contributed by atoms with Crippen molar-refractivity contribution >= 4 is 5.78 Å². The summed E-state index contributed by atoms with van der Waals surface area (Å²) in [5.74, 6) is 0.0733. The molecular formula is C14H17F3O. The molecule has 0 aliphatic carbocycles. The third kappa shape index (κ3) is 3.86. The van der Waals surface area contributed by atoms with E-state index in [0.717, 1.165) is 17.7 Å². The van der Waals surface area contributed by atoms with Crippen molar-refractivity contribution in [3.63, 3.8) is 0 Å². The number of ketones is 1. The highest BCUT2D eigenvalue weighted by atomic mass is 19.4. The lowest BCUT2D eigenvalue weighted by Crippen LogP contribution is -2.15. The van der Waals surface area contributed by atoms with Crippen LogP contribution >= 0.6 is 0 Å². The van der Waals surface area contributed by atoms with E-state index < -0.39 is 11.7 Å². The lowest BCUT2D eigenvalue weighted by atomic mass is 9.91. The molecule has 0 N–H and O–H groups in total. The summed E-state index contributed by atoms with van der Waals surface area (Å²) in [6.45, 7) is 3.72. The molecule has 0 amide bonds. The molecule has 4 heteroatoms. The van der Waals surface area contributed by atoms with E-state index in [-0.39, 0.29) is 11.7 Å². The molecule has 1 aromatic rings. The van der Waals surface area contributed by atoms with E-state index in [2.05, 4.69) is 0 Å². The predicted molar refractivity (Wildman–Crippen MR) is 64.2 cm³/mol. The monoisotopic (exact) mass is 258 g/mol. The number of rotatable bonds is 5. The second-order valence-electron chi connectivity index (χ2n) is 4.32. The van der Waals surface area contributed by atoms with Crippen molar-refractivity contribution < 1.29 is 18.0 Å². The highest BCUT2D eigenvalue weighted by molar-refractivity contribution is 5.80. The van der Waals surface area contributed by atoms with Gasteiger partial charge in [0.25, 0.3) is 0 Å². The van der Waals surface area contributed by atoms with Crippen LogP contribution in [0, 0.1) is 5.92 Å². The Morgan fingerprint density at radius 3 is 2.11 bits per heavy atom. The summed E-state index contributed by atoms with van der Waals surface area (Å²) in [5, 5.41) is 0. The van der Waals surface area contributed by atoms with Crippen LogP contribution in [0.15, 0.2) is 24.3 Å². The van der Waals surface area contributed by atoms with Crippen molar-refractivity contribution in [2.75, 3.05) is 0 Å². The summed E-state index contributed by atoms with van der Waals surface area (Å²) in [5.41, 5.74) is 0.123. The quantitative estimate of drug-likeness (QED) is 0.771. The molecule has 0 aromatic heterocycles. The molecule has 0 aliphatic heterocycles. The first kappa shape index (κ1) is 14.7. The van der Waals surface area contributed by atoms with Crippen LogP contribution in [0.3, 0.4) is 0 Å². The Balaban J connectivity index is 2.77. The Morgan fingerprint density at radius 2 is 1.72 bits per heavy atom. The van der Waals surface area contributed by atoms with Crippen LogP contribution in [0.4, 0.5) is 13.2 Å². The van der Waals surface area contributed by atoms with Crippen LogP contribution in [0.5, 0.6) is 0 Å². The van der Waals surface area contributed by atoms with Crippen molar-refractivity contribution in [1.82, 2.24) is 0 Å². The number of hydrogen-bond acceptors (Lipinski definition) is 1. The Hall–Kier alpha value is -1.32. The van der Waals surface area contributed by atoms with Crippen molar-refractivity contribution in [3.05, 3.63) is 35.4 Å². The maximum atomic E-state index is 12.4. The minimum atomic E-state index is -4.30. The van der Waals surface area contributed by atoms with Gasteiger partial charge in [-0.25, -0.2) is 0 Å². The Kier molecular flexibility index (Phi) is 4.93. The van der Waals surface area contributed by atoms with Gasteiger partial charge >= 0.3 is 6.18 Å². The minimum absolute atomic E-state index is 0.0910. The summed E-state index contributed by atoms with van der Waals surface area (Å²) < 4.78 is 37.1. The van der Waals surface area contributed by atoms with Gasteiger partial charge in [0.2, 0.25) is 0 Å². The fourth-order valence-electron chi connectivity index (χ4n) is 1.89. The van der Waals surface area contributed by atoms with E-state index >= 15 is 0 Å². The van der Waals surface area contributed by atoms with Gasteiger partial charge in [0, 0.05) is 12.3 Å². The van der Waals surface area contributed by atoms with Gasteiger partial charge in [-0.15, -0.1) is 0 Å². The summed E-state index contributed by atoms with van der Waals surface area (Å²) >= 11 is 0. The number of benzene rings is 1. The summed E-state index contributed by atoms with van der Waals surface area (Å²) in [7, 11) is 0. The van der Waals surface area contributed by atoms with Crippen LogP contribution in [0.2, 0.25) is 0 Å². The summed E-state index contributed by atoms with van der Waals surface area (Å²) in [6, 6.07) is 5.04. The standard InChI is InChI=1S/C14H17F3O/c1-3-11(13(18)4-2)9-10-5-7-12(8-6-10)14(15,16)17/h5-8,11H,3-4,9H2,1-2H3. The molecule has 1 rings (SSSR count). The molecule has 100 valence electrons. The number of carbonyl (C=O) groups is 1. The number of Topliss-reactive ketones (excluding diaryl/α,β-unsaturated/α-hetero) is 1. The van der Waals surface area contributed by atoms with E-state index in [1.54, 1.807) is 6.92 Å². The van der Waals surface area contributed by atoms with Gasteiger partial charge < -0.3 is 0 Å². The maximum Gasteiger partial charge on any atom is 0.416 e. The molecule has 0 spiro atoms. The number of hydrogen-bond donors (Lipinski definition) is 0. The second kappa shape index (κ2) is 6.03. The predicted octanol–water partition coefficient (Wildman–Crippen LogP) is 4.25. The Morgan fingerprint density at radius 1 is 1.17 bits per heavy atom. The first-order valence-electron chi connectivity index (χ1n) is 6.07. The van der Waals surface area contributed by atoms with E-state index in [4.69, 9.17) is 0 Å². The molecule has 1 atom stereocenters. The topological polar surface area (TPSA) is 17.1 Å². The van der Waals surface area contributed by atoms with Gasteiger partial charge in [0.05, 0.1) is 5.56 Å². The van der Waals surface area contributed by atoms with Gasteiger partial charge in [-0.1, -0.05) is 26.0 Å². The molecule has 1 nitrogen and oxygen atoms in total. The number of halogens is 3. The molecule has 0 bridgehead atoms. The average Bonchev–Trinajstić information content (AvgIpc) is 2.34. The first-order valence-corrected chi connectivity index (χ1v) is 6.07. The van der Waals surface area contributed by atoms with Crippen LogP contribution < -0.4 is 0 Å². The van der Waals surface area contributed by atoms with Crippen LogP contribution in [0.1, 0.15) is 37.8 Å². The molecule has 0 aliphatic rings. The average molecular weight is 258 g/mol. The van der Waals surface area contributed by atoms with E-state index in [9.17, 15) is 18.0 Å². The Labute approximate surface area is 105 Å². The molecule has 1 aromatic carbocycles. The van der Waals surface area contributed by atoms with Gasteiger partial charge in [0.1, 0.15) is 5.78 Å². The van der Waals surface area contributed by atoms with Crippen molar-refractivity contribution in [1.29, 1.82) is 0 Å². The highest BCUT2D eigenvalue weighted by Gasteiger charge is 2.30. The molecule has 0 saturated heterocycles. The van der Waals surface area contributed by atoms with Crippen molar-refractivity contribution in [3.8, 4) is 0 Å². The smallest absolute Gasteiger partial charge is 0.299 e.